The Kier molecular flexibility index (Phi) is 4.86. The van der Waals surface area contributed by atoms with E-state index in [0.29, 0.717) is 17.2 Å². The number of thioether (sulfide) groups is 1. The van der Waals surface area contributed by atoms with Gasteiger partial charge in [-0.25, -0.2) is 0 Å². The van der Waals surface area contributed by atoms with Crippen molar-refractivity contribution >= 4 is 23.5 Å². The van der Waals surface area contributed by atoms with Gasteiger partial charge in [0.05, 0.1) is 0 Å². The van der Waals surface area contributed by atoms with Gasteiger partial charge < -0.3 is 9.80 Å². The van der Waals surface area contributed by atoms with E-state index in [1.54, 1.807) is 11.8 Å². The van der Waals surface area contributed by atoms with Gasteiger partial charge in [0.15, 0.2) is 5.82 Å². The van der Waals surface area contributed by atoms with Gasteiger partial charge in [0.1, 0.15) is 5.03 Å². The highest BCUT2D eigenvalue weighted by Crippen LogP contribution is 2.25. The molecule has 2 aliphatic heterocycles. The van der Waals surface area contributed by atoms with Gasteiger partial charge in [0.2, 0.25) is 5.91 Å². The predicted octanol–water partition coefficient (Wildman–Crippen LogP) is 2.57. The van der Waals surface area contributed by atoms with Crippen LogP contribution in [-0.2, 0) is 4.79 Å². The summed E-state index contributed by atoms with van der Waals surface area (Å²) in [5, 5.41) is 10.2. The Bertz CT molecular complexity index is 519. The van der Waals surface area contributed by atoms with Gasteiger partial charge in [0, 0.05) is 37.3 Å². The first-order valence-electron chi connectivity index (χ1n) is 8.18. The maximum atomic E-state index is 11.9. The first-order chi connectivity index (χ1) is 10.6. The van der Waals surface area contributed by atoms with Crippen molar-refractivity contribution in [3.63, 3.8) is 0 Å². The molecule has 0 unspecified atom stereocenters. The van der Waals surface area contributed by atoms with Crippen molar-refractivity contribution < 1.29 is 4.79 Å². The highest BCUT2D eigenvalue weighted by molar-refractivity contribution is 7.99. The zero-order chi connectivity index (χ0) is 15.5. The summed E-state index contributed by atoms with van der Waals surface area (Å²) in [6.45, 7) is 7.12. The Morgan fingerprint density at radius 1 is 1.23 bits per heavy atom. The van der Waals surface area contributed by atoms with Gasteiger partial charge in [-0.3, -0.25) is 4.79 Å². The summed E-state index contributed by atoms with van der Waals surface area (Å²) in [7, 11) is 0. The Morgan fingerprint density at radius 2 is 2.09 bits per heavy atom. The fourth-order valence-corrected chi connectivity index (χ4v) is 3.98. The number of hydrogen-bond acceptors (Lipinski definition) is 5. The van der Waals surface area contributed by atoms with Crippen molar-refractivity contribution in [1.82, 2.24) is 15.1 Å². The number of amides is 1. The van der Waals surface area contributed by atoms with E-state index in [4.69, 9.17) is 0 Å². The van der Waals surface area contributed by atoms with E-state index in [9.17, 15) is 4.79 Å². The lowest BCUT2D eigenvalue weighted by molar-refractivity contribution is -0.129. The summed E-state index contributed by atoms with van der Waals surface area (Å²) in [5.41, 5.74) is 0. The fraction of sp³-hybridized carbons (Fsp3) is 0.688. The van der Waals surface area contributed by atoms with E-state index in [-0.39, 0.29) is 0 Å². The molecule has 1 amide bonds. The minimum atomic E-state index is 0.321. The lowest BCUT2D eigenvalue weighted by atomic mass is 10.0. The number of nitrogens with zero attached hydrogens (tertiary/aromatic N) is 4. The van der Waals surface area contributed by atoms with E-state index < -0.39 is 0 Å². The number of likely N-dealkylation sites (tertiary alicyclic amines) is 1. The molecular formula is C16H24N4OS. The highest BCUT2D eigenvalue weighted by atomic mass is 32.2. The Hall–Kier alpha value is -1.30. The van der Waals surface area contributed by atoms with E-state index in [1.165, 1.54) is 0 Å². The second-order valence-corrected chi connectivity index (χ2v) is 7.93. The number of carbonyl (C=O) groups is 1. The molecule has 1 aromatic heterocycles. The third-order valence-electron chi connectivity index (χ3n) is 4.25. The Labute approximate surface area is 136 Å². The molecule has 1 atom stereocenters. The standard InChI is InChI=1S/C16H24N4OS/c1-12(2)22-15-8-7-14(17-18-15)19-9-3-5-13(11-19)20-10-4-6-16(20)21/h7-8,12-13H,3-6,9-11H2,1-2H3/t13-/m0/s1. The van der Waals surface area contributed by atoms with Crippen molar-refractivity contribution in [2.75, 3.05) is 24.5 Å². The number of anilines is 1. The van der Waals surface area contributed by atoms with Gasteiger partial charge in [-0.05, 0) is 31.4 Å². The summed E-state index contributed by atoms with van der Waals surface area (Å²) in [4.78, 5) is 16.3. The van der Waals surface area contributed by atoms with E-state index in [0.717, 1.165) is 56.2 Å². The van der Waals surface area contributed by atoms with Gasteiger partial charge in [-0.1, -0.05) is 13.8 Å². The monoisotopic (exact) mass is 320 g/mol. The predicted molar refractivity (Wildman–Crippen MR) is 89.2 cm³/mol. The average molecular weight is 320 g/mol. The number of piperidine rings is 1. The maximum Gasteiger partial charge on any atom is 0.222 e. The van der Waals surface area contributed by atoms with Crippen LogP contribution in [0.15, 0.2) is 17.2 Å². The molecule has 0 aliphatic carbocycles. The second kappa shape index (κ2) is 6.86. The van der Waals surface area contributed by atoms with Crippen LogP contribution in [0.4, 0.5) is 5.82 Å². The van der Waals surface area contributed by atoms with Crippen LogP contribution in [-0.4, -0.2) is 51.9 Å². The first kappa shape index (κ1) is 15.6. The highest BCUT2D eigenvalue weighted by Gasteiger charge is 2.31. The lowest BCUT2D eigenvalue weighted by Crippen LogP contribution is -2.48. The molecule has 2 saturated heterocycles. The minimum absolute atomic E-state index is 0.321. The van der Waals surface area contributed by atoms with Gasteiger partial charge in [-0.2, -0.15) is 0 Å². The normalized spacial score (nSPS) is 22.7. The zero-order valence-corrected chi connectivity index (χ0v) is 14.2. The molecule has 3 rings (SSSR count). The fourth-order valence-electron chi connectivity index (χ4n) is 3.26. The molecule has 0 bridgehead atoms. The first-order valence-corrected chi connectivity index (χ1v) is 9.06. The molecule has 6 heteroatoms. The largest absolute Gasteiger partial charge is 0.353 e. The summed E-state index contributed by atoms with van der Waals surface area (Å²) < 4.78 is 0. The van der Waals surface area contributed by atoms with Crippen molar-refractivity contribution in [1.29, 1.82) is 0 Å². The molecule has 22 heavy (non-hydrogen) atoms. The van der Waals surface area contributed by atoms with Crippen LogP contribution in [0.3, 0.4) is 0 Å². The molecule has 3 heterocycles. The molecular weight excluding hydrogens is 296 g/mol. The van der Waals surface area contributed by atoms with Gasteiger partial charge in [-0.15, -0.1) is 22.0 Å². The summed E-state index contributed by atoms with van der Waals surface area (Å²) in [6, 6.07) is 4.46. The van der Waals surface area contributed by atoms with E-state index in [1.807, 2.05) is 0 Å². The zero-order valence-electron chi connectivity index (χ0n) is 13.4. The molecule has 0 saturated carbocycles. The van der Waals surface area contributed by atoms with E-state index in [2.05, 4.69) is 46.0 Å². The Balaban J connectivity index is 1.65. The van der Waals surface area contributed by atoms with Crippen LogP contribution in [0.2, 0.25) is 0 Å². The van der Waals surface area contributed by atoms with Gasteiger partial charge in [0.25, 0.3) is 0 Å². The minimum Gasteiger partial charge on any atom is -0.353 e. The summed E-state index contributed by atoms with van der Waals surface area (Å²) in [6.07, 6.45) is 3.95. The van der Waals surface area contributed by atoms with Crippen LogP contribution in [0.5, 0.6) is 0 Å². The maximum absolute atomic E-state index is 11.9. The molecule has 1 aromatic rings. The smallest absolute Gasteiger partial charge is 0.222 e. The average Bonchev–Trinajstić information content (AvgIpc) is 2.94. The van der Waals surface area contributed by atoms with Crippen LogP contribution >= 0.6 is 11.8 Å². The number of hydrogen-bond donors (Lipinski definition) is 0. The van der Waals surface area contributed by atoms with Crippen LogP contribution < -0.4 is 4.90 Å². The van der Waals surface area contributed by atoms with Crippen LogP contribution in [0, 0.1) is 0 Å². The van der Waals surface area contributed by atoms with Crippen LogP contribution in [0.25, 0.3) is 0 Å². The van der Waals surface area contributed by atoms with Crippen molar-refractivity contribution in [3.05, 3.63) is 12.1 Å². The Morgan fingerprint density at radius 3 is 2.73 bits per heavy atom. The topological polar surface area (TPSA) is 49.3 Å². The summed E-state index contributed by atoms with van der Waals surface area (Å²) >= 11 is 1.73. The second-order valence-electron chi connectivity index (χ2n) is 6.33. The molecule has 5 nitrogen and oxygen atoms in total. The number of rotatable bonds is 4. The van der Waals surface area contributed by atoms with Crippen molar-refractivity contribution in [2.45, 2.75) is 55.8 Å². The van der Waals surface area contributed by atoms with Gasteiger partial charge >= 0.3 is 0 Å². The molecule has 2 fully saturated rings. The molecule has 0 radical (unpaired) electrons. The lowest BCUT2D eigenvalue weighted by Gasteiger charge is -2.38. The van der Waals surface area contributed by atoms with E-state index >= 15 is 0 Å². The van der Waals surface area contributed by atoms with Crippen molar-refractivity contribution in [2.24, 2.45) is 0 Å². The third kappa shape index (κ3) is 3.54. The molecule has 0 N–H and O–H groups in total. The van der Waals surface area contributed by atoms with Crippen molar-refractivity contribution in [3.8, 4) is 0 Å². The molecule has 0 spiro atoms. The van der Waals surface area contributed by atoms with Crippen LogP contribution in [0.1, 0.15) is 39.5 Å². The summed E-state index contributed by atoms with van der Waals surface area (Å²) in [5.74, 6) is 1.26. The quantitative estimate of drug-likeness (QED) is 0.798. The number of carbonyl (C=O) groups excluding carboxylic acids is 1. The third-order valence-corrected chi connectivity index (χ3v) is 5.18. The molecule has 120 valence electrons. The molecule has 0 aromatic carbocycles. The number of aromatic nitrogens is 2. The molecule has 2 aliphatic rings. The SMILES string of the molecule is CC(C)Sc1ccc(N2CCC[C@H](N3CCCC3=O)C2)nn1.